The fraction of sp³-hybridized carbons (Fsp3) is 0.692. The zero-order valence-electron chi connectivity index (χ0n) is 12.2. The molecule has 0 rings (SSSR count). The smallest absolute Gasteiger partial charge is 0.421 e. The number of alkyl halides is 3. The van der Waals surface area contributed by atoms with E-state index in [0.29, 0.717) is 0 Å². The third-order valence-corrected chi connectivity index (χ3v) is 2.23. The summed E-state index contributed by atoms with van der Waals surface area (Å²) in [7, 11) is 0. The van der Waals surface area contributed by atoms with Gasteiger partial charge in [-0.05, 0) is 26.7 Å². The zero-order chi connectivity index (χ0) is 16.3. The van der Waals surface area contributed by atoms with Gasteiger partial charge in [0, 0.05) is 0 Å². The first-order valence-corrected chi connectivity index (χ1v) is 6.05. The number of halogens is 3. The summed E-state index contributed by atoms with van der Waals surface area (Å²) in [6, 6.07) is -1.17. The van der Waals surface area contributed by atoms with E-state index in [1.165, 1.54) is 0 Å². The summed E-state index contributed by atoms with van der Waals surface area (Å²) < 4.78 is 42.1. The van der Waals surface area contributed by atoms with Crippen molar-refractivity contribution < 1.29 is 27.5 Å². The van der Waals surface area contributed by atoms with Crippen LogP contribution in [0.2, 0.25) is 0 Å². The number of esters is 1. The number of ether oxygens (including phenoxy) is 1. The quantitative estimate of drug-likeness (QED) is 0.640. The Balaban J connectivity index is 4.94. The van der Waals surface area contributed by atoms with Gasteiger partial charge in [0.2, 0.25) is 0 Å². The normalized spacial score (nSPS) is 13.8. The van der Waals surface area contributed by atoms with Gasteiger partial charge < -0.3 is 10.1 Å². The first-order valence-electron chi connectivity index (χ1n) is 6.05. The predicted octanol–water partition coefficient (Wildman–Crippen LogP) is 2.59. The Morgan fingerprint density at radius 1 is 1.15 bits per heavy atom. The monoisotopic (exact) mass is 295 g/mol. The lowest BCUT2D eigenvalue weighted by Gasteiger charge is -2.26. The van der Waals surface area contributed by atoms with Crippen molar-refractivity contribution in [1.29, 1.82) is 0 Å². The van der Waals surface area contributed by atoms with Crippen LogP contribution in [0, 0.1) is 5.92 Å². The lowest BCUT2D eigenvalue weighted by atomic mass is 10.0. The summed E-state index contributed by atoms with van der Waals surface area (Å²) in [5, 5.41) is 2.01. The van der Waals surface area contributed by atoms with Crippen LogP contribution in [0.3, 0.4) is 0 Å². The van der Waals surface area contributed by atoms with Crippen LogP contribution in [0.4, 0.5) is 13.2 Å². The minimum Gasteiger partial charge on any atom is -0.458 e. The van der Waals surface area contributed by atoms with E-state index in [2.05, 4.69) is 6.58 Å². The van der Waals surface area contributed by atoms with Gasteiger partial charge in [-0.1, -0.05) is 20.4 Å². The standard InChI is InChI=1S/C13H20F3NO3/c1-7(2)9(11(19)20-12(4,5)6)17-10(18)8(3)13(14,15)16/h7,9H,3H2,1-2,4-6H3,(H,17,18)/t9-/m0/s1. The molecule has 20 heavy (non-hydrogen) atoms. The van der Waals surface area contributed by atoms with Crippen LogP contribution in [0.5, 0.6) is 0 Å². The fourth-order valence-electron chi connectivity index (χ4n) is 1.22. The molecule has 0 radical (unpaired) electrons. The van der Waals surface area contributed by atoms with Gasteiger partial charge in [-0.25, -0.2) is 4.79 Å². The lowest BCUT2D eigenvalue weighted by Crippen LogP contribution is -2.48. The largest absolute Gasteiger partial charge is 0.458 e. The van der Waals surface area contributed by atoms with Crippen LogP contribution in [0.25, 0.3) is 0 Å². The molecule has 116 valence electrons. The number of nitrogens with one attached hydrogen (secondary N) is 1. The summed E-state index contributed by atoms with van der Waals surface area (Å²) in [4.78, 5) is 23.3. The highest BCUT2D eigenvalue weighted by molar-refractivity contribution is 5.96. The Kier molecular flexibility index (Phi) is 5.80. The Bertz CT molecular complexity index is 395. The van der Waals surface area contributed by atoms with Gasteiger partial charge in [-0.2, -0.15) is 13.2 Å². The van der Waals surface area contributed by atoms with E-state index in [0.717, 1.165) is 0 Å². The molecule has 4 nitrogen and oxygen atoms in total. The molecule has 1 atom stereocenters. The molecule has 0 heterocycles. The fourth-order valence-corrected chi connectivity index (χ4v) is 1.22. The van der Waals surface area contributed by atoms with E-state index in [1.807, 2.05) is 5.32 Å². The molecule has 0 spiro atoms. The molecule has 0 aromatic carbocycles. The highest BCUT2D eigenvalue weighted by atomic mass is 19.4. The molecular weight excluding hydrogens is 275 g/mol. The van der Waals surface area contributed by atoms with Crippen LogP contribution >= 0.6 is 0 Å². The number of carbonyl (C=O) groups is 2. The average Bonchev–Trinajstić information content (AvgIpc) is 2.19. The van der Waals surface area contributed by atoms with Gasteiger partial charge in [0.05, 0.1) is 0 Å². The van der Waals surface area contributed by atoms with E-state index in [9.17, 15) is 22.8 Å². The predicted molar refractivity (Wildman–Crippen MR) is 67.8 cm³/mol. The Hall–Kier alpha value is -1.53. The van der Waals surface area contributed by atoms with E-state index >= 15 is 0 Å². The minimum absolute atomic E-state index is 0.421. The number of rotatable bonds is 4. The molecule has 0 aromatic rings. The summed E-state index contributed by atoms with van der Waals surface area (Å²) in [6.45, 7) is 10.7. The van der Waals surface area contributed by atoms with Gasteiger partial charge in [0.15, 0.2) is 0 Å². The molecule has 7 heteroatoms. The molecule has 0 aliphatic carbocycles. The van der Waals surface area contributed by atoms with E-state index in [1.54, 1.807) is 34.6 Å². The topological polar surface area (TPSA) is 55.4 Å². The van der Waals surface area contributed by atoms with Crippen LogP contribution in [0.1, 0.15) is 34.6 Å². The first kappa shape index (κ1) is 18.5. The lowest BCUT2D eigenvalue weighted by molar-refractivity contribution is -0.160. The van der Waals surface area contributed by atoms with Crippen molar-refractivity contribution in [2.45, 2.75) is 52.4 Å². The van der Waals surface area contributed by atoms with Crippen molar-refractivity contribution >= 4 is 11.9 Å². The van der Waals surface area contributed by atoms with Gasteiger partial charge >= 0.3 is 12.1 Å². The van der Waals surface area contributed by atoms with Gasteiger partial charge in [0.1, 0.15) is 17.2 Å². The van der Waals surface area contributed by atoms with Gasteiger partial charge in [-0.15, -0.1) is 0 Å². The van der Waals surface area contributed by atoms with E-state index < -0.39 is 41.2 Å². The summed E-state index contributed by atoms with van der Waals surface area (Å²) in [5.74, 6) is -2.63. The molecular formula is C13H20F3NO3. The number of hydrogen-bond donors (Lipinski definition) is 1. The Labute approximate surface area is 116 Å². The van der Waals surface area contributed by atoms with Crippen molar-refractivity contribution in [1.82, 2.24) is 5.32 Å². The molecule has 0 unspecified atom stereocenters. The molecule has 0 aromatic heterocycles. The van der Waals surface area contributed by atoms with Crippen molar-refractivity contribution in [2.24, 2.45) is 5.92 Å². The average molecular weight is 295 g/mol. The minimum atomic E-state index is -4.83. The zero-order valence-corrected chi connectivity index (χ0v) is 12.2. The van der Waals surface area contributed by atoms with Gasteiger partial charge in [-0.3, -0.25) is 4.79 Å². The van der Waals surface area contributed by atoms with Crippen molar-refractivity contribution in [3.8, 4) is 0 Å². The highest BCUT2D eigenvalue weighted by Gasteiger charge is 2.39. The Morgan fingerprint density at radius 3 is 1.90 bits per heavy atom. The molecule has 1 N–H and O–H groups in total. The molecule has 0 bridgehead atoms. The number of amides is 1. The molecule has 0 saturated carbocycles. The molecule has 0 fully saturated rings. The van der Waals surface area contributed by atoms with Gasteiger partial charge in [0.25, 0.3) is 5.91 Å². The first-order chi connectivity index (χ1) is 8.75. The summed E-state index contributed by atoms with van der Waals surface area (Å²) in [6.07, 6.45) is -4.83. The third kappa shape index (κ3) is 6.08. The van der Waals surface area contributed by atoms with Crippen molar-refractivity contribution in [3.63, 3.8) is 0 Å². The second-order valence-electron chi connectivity index (χ2n) is 5.70. The molecule has 0 aliphatic rings. The summed E-state index contributed by atoms with van der Waals surface area (Å²) >= 11 is 0. The third-order valence-electron chi connectivity index (χ3n) is 2.23. The molecule has 1 amide bonds. The highest BCUT2D eigenvalue weighted by Crippen LogP contribution is 2.24. The van der Waals surface area contributed by atoms with Crippen molar-refractivity contribution in [2.75, 3.05) is 0 Å². The van der Waals surface area contributed by atoms with E-state index in [-0.39, 0.29) is 0 Å². The molecule has 0 aliphatic heterocycles. The van der Waals surface area contributed by atoms with E-state index in [4.69, 9.17) is 4.74 Å². The van der Waals surface area contributed by atoms with Crippen LogP contribution in [-0.4, -0.2) is 29.7 Å². The maximum atomic E-state index is 12.3. The van der Waals surface area contributed by atoms with Crippen LogP contribution in [-0.2, 0) is 14.3 Å². The SMILES string of the molecule is C=C(C(=O)N[C@H](C(=O)OC(C)(C)C)C(C)C)C(F)(F)F. The maximum absolute atomic E-state index is 12.3. The van der Waals surface area contributed by atoms with Crippen LogP contribution in [0.15, 0.2) is 12.2 Å². The Morgan fingerprint density at radius 2 is 1.60 bits per heavy atom. The maximum Gasteiger partial charge on any atom is 0.421 e. The van der Waals surface area contributed by atoms with Crippen LogP contribution < -0.4 is 5.32 Å². The molecule has 0 saturated heterocycles. The number of hydrogen-bond acceptors (Lipinski definition) is 3. The number of carbonyl (C=O) groups excluding carboxylic acids is 2. The second-order valence-corrected chi connectivity index (χ2v) is 5.70. The second kappa shape index (κ2) is 6.28. The summed E-state index contributed by atoms with van der Waals surface area (Å²) in [5.41, 5.74) is -2.34. The van der Waals surface area contributed by atoms with Crippen molar-refractivity contribution in [3.05, 3.63) is 12.2 Å².